The van der Waals surface area contributed by atoms with Gasteiger partial charge in [-0.25, -0.2) is 0 Å². The summed E-state index contributed by atoms with van der Waals surface area (Å²) in [4.78, 5) is 1.27. The van der Waals surface area contributed by atoms with Crippen molar-refractivity contribution in [1.82, 2.24) is 20.3 Å². The number of nitrogen functional groups attached to an aromatic ring is 1. The number of aromatic nitrogens is 4. The first kappa shape index (κ1) is 19.5. The number of hydrogen-bond donors (Lipinski definition) is 2. The smallest absolute Gasteiger partial charge is 0.260 e. The summed E-state index contributed by atoms with van der Waals surface area (Å²) in [6, 6.07) is 9.00. The maximum Gasteiger partial charge on any atom is 0.260 e. The minimum absolute atomic E-state index is 0.146. The Morgan fingerprint density at radius 3 is 2.70 bits per heavy atom. The maximum absolute atomic E-state index is 6.07. The standard InChI is InChI=1S/C16H15BrCl2N6O2/c1-26-14-5-3-11(17)10(7-21-25-16(20)22-23-24-25)15(14)27-8-9-2-4-12(18)13(19)6-9/h2-6,21H,7-8H2,1H3,(H2,20,22,24). The normalized spacial score (nSPS) is 10.7. The second kappa shape index (κ2) is 8.64. The summed E-state index contributed by atoms with van der Waals surface area (Å²) in [6.45, 7) is 0.619. The molecule has 0 fully saturated rings. The number of ether oxygens (including phenoxy) is 2. The molecule has 0 aliphatic rings. The monoisotopic (exact) mass is 472 g/mol. The number of benzene rings is 2. The Morgan fingerprint density at radius 1 is 1.22 bits per heavy atom. The summed E-state index contributed by atoms with van der Waals surface area (Å²) in [7, 11) is 1.58. The molecule has 1 aromatic heterocycles. The van der Waals surface area contributed by atoms with Gasteiger partial charge in [-0.1, -0.05) is 50.3 Å². The molecule has 0 aliphatic heterocycles. The van der Waals surface area contributed by atoms with Gasteiger partial charge in [-0.05, 0) is 40.3 Å². The first-order valence-corrected chi connectivity index (χ1v) is 9.24. The van der Waals surface area contributed by atoms with Gasteiger partial charge in [0.05, 0.1) is 23.7 Å². The molecule has 0 atom stereocenters. The Morgan fingerprint density at radius 2 is 2.04 bits per heavy atom. The number of nitrogens with zero attached hydrogens (tertiary/aromatic N) is 4. The van der Waals surface area contributed by atoms with Gasteiger partial charge in [0, 0.05) is 10.0 Å². The molecule has 0 radical (unpaired) electrons. The van der Waals surface area contributed by atoms with E-state index in [1.807, 2.05) is 18.2 Å². The average Bonchev–Trinajstić information content (AvgIpc) is 3.07. The van der Waals surface area contributed by atoms with E-state index in [9.17, 15) is 0 Å². The molecular weight excluding hydrogens is 459 g/mol. The lowest BCUT2D eigenvalue weighted by Crippen LogP contribution is -2.19. The molecule has 27 heavy (non-hydrogen) atoms. The fraction of sp³-hybridized carbons (Fsp3) is 0.188. The highest BCUT2D eigenvalue weighted by Gasteiger charge is 2.16. The molecule has 3 N–H and O–H groups in total. The van der Waals surface area contributed by atoms with E-state index in [0.717, 1.165) is 15.6 Å². The highest BCUT2D eigenvalue weighted by atomic mass is 79.9. The van der Waals surface area contributed by atoms with Gasteiger partial charge in [0.2, 0.25) is 0 Å². The van der Waals surface area contributed by atoms with Crippen LogP contribution in [-0.2, 0) is 13.2 Å². The second-order valence-electron chi connectivity index (χ2n) is 5.38. The maximum atomic E-state index is 6.07. The number of hydrogen-bond acceptors (Lipinski definition) is 7. The van der Waals surface area contributed by atoms with Gasteiger partial charge in [0.1, 0.15) is 6.61 Å². The molecule has 0 aliphatic carbocycles. The molecule has 0 spiro atoms. The molecule has 1 heterocycles. The fourth-order valence-corrected chi connectivity index (χ4v) is 3.08. The summed E-state index contributed by atoms with van der Waals surface area (Å²) < 4.78 is 12.3. The zero-order valence-electron chi connectivity index (χ0n) is 14.1. The first-order chi connectivity index (χ1) is 13.0. The van der Waals surface area contributed by atoms with Crippen LogP contribution in [0.25, 0.3) is 0 Å². The molecule has 8 nitrogen and oxygen atoms in total. The molecule has 0 saturated carbocycles. The van der Waals surface area contributed by atoms with Crippen molar-refractivity contribution < 1.29 is 9.47 Å². The molecule has 142 valence electrons. The zero-order valence-corrected chi connectivity index (χ0v) is 17.2. The third kappa shape index (κ3) is 4.55. The molecule has 2 aromatic carbocycles. The van der Waals surface area contributed by atoms with E-state index in [0.29, 0.717) is 28.1 Å². The van der Waals surface area contributed by atoms with Crippen LogP contribution < -0.4 is 20.6 Å². The summed E-state index contributed by atoms with van der Waals surface area (Å²) in [5.74, 6) is 1.30. The lowest BCUT2D eigenvalue weighted by molar-refractivity contribution is 0.281. The van der Waals surface area contributed by atoms with Gasteiger partial charge in [0.25, 0.3) is 5.95 Å². The lowest BCUT2D eigenvalue weighted by atomic mass is 10.2. The van der Waals surface area contributed by atoms with Crippen LogP contribution in [0.2, 0.25) is 10.0 Å². The van der Waals surface area contributed by atoms with Crippen LogP contribution in [0.3, 0.4) is 0 Å². The van der Waals surface area contributed by atoms with Crippen molar-refractivity contribution >= 4 is 45.1 Å². The van der Waals surface area contributed by atoms with Crippen LogP contribution in [0.4, 0.5) is 5.95 Å². The van der Waals surface area contributed by atoms with Gasteiger partial charge in [-0.15, -0.1) is 4.79 Å². The van der Waals surface area contributed by atoms with Crippen molar-refractivity contribution in [1.29, 1.82) is 0 Å². The average molecular weight is 474 g/mol. The SMILES string of the molecule is COc1ccc(Br)c(CNn2nnnc2N)c1OCc1ccc(Cl)c(Cl)c1. The van der Waals surface area contributed by atoms with Crippen molar-refractivity contribution in [2.45, 2.75) is 13.2 Å². The van der Waals surface area contributed by atoms with Gasteiger partial charge in [0.15, 0.2) is 11.5 Å². The Balaban J connectivity index is 1.84. The summed E-state index contributed by atoms with van der Waals surface area (Å²) in [5, 5.41) is 11.8. The Kier molecular flexibility index (Phi) is 6.25. The molecule has 0 amide bonds. The van der Waals surface area contributed by atoms with Gasteiger partial charge in [-0.3, -0.25) is 0 Å². The molecule has 11 heteroatoms. The van der Waals surface area contributed by atoms with Crippen LogP contribution in [0.15, 0.2) is 34.8 Å². The number of tetrazole rings is 1. The number of rotatable bonds is 7. The quantitative estimate of drug-likeness (QED) is 0.540. The third-order valence-corrected chi connectivity index (χ3v) is 5.14. The van der Waals surface area contributed by atoms with Crippen molar-refractivity contribution in [3.8, 4) is 11.5 Å². The lowest BCUT2D eigenvalue weighted by Gasteiger charge is -2.17. The molecule has 0 unspecified atom stereocenters. The number of methoxy groups -OCH3 is 1. The largest absolute Gasteiger partial charge is 0.493 e. The number of anilines is 1. The zero-order chi connectivity index (χ0) is 19.4. The molecule has 3 aromatic rings. The van der Waals surface area contributed by atoms with Crippen LogP contribution in [0, 0.1) is 0 Å². The van der Waals surface area contributed by atoms with Crippen LogP contribution >= 0.6 is 39.1 Å². The van der Waals surface area contributed by atoms with Crippen LogP contribution in [0.1, 0.15) is 11.1 Å². The van der Waals surface area contributed by atoms with E-state index in [-0.39, 0.29) is 12.6 Å². The fourth-order valence-electron chi connectivity index (χ4n) is 2.31. The third-order valence-electron chi connectivity index (χ3n) is 3.65. The van der Waals surface area contributed by atoms with Crippen LogP contribution in [0.5, 0.6) is 11.5 Å². The predicted molar refractivity (Wildman–Crippen MR) is 107 cm³/mol. The number of nitrogens with one attached hydrogen (secondary N) is 1. The second-order valence-corrected chi connectivity index (χ2v) is 7.05. The van der Waals surface area contributed by atoms with E-state index in [1.165, 1.54) is 4.79 Å². The summed E-state index contributed by atoms with van der Waals surface area (Å²) in [6.07, 6.45) is 0. The number of halogens is 3. The minimum atomic E-state index is 0.146. The van der Waals surface area contributed by atoms with Gasteiger partial charge >= 0.3 is 0 Å². The molecule has 0 saturated heterocycles. The topological polar surface area (TPSA) is 100 Å². The highest BCUT2D eigenvalue weighted by molar-refractivity contribution is 9.10. The van der Waals surface area contributed by atoms with Crippen molar-refractivity contribution in [2.75, 3.05) is 18.3 Å². The molecule has 0 bridgehead atoms. The van der Waals surface area contributed by atoms with Crippen LogP contribution in [-0.4, -0.2) is 27.4 Å². The Hall–Kier alpha value is -2.23. The van der Waals surface area contributed by atoms with Gasteiger partial charge in [-0.2, -0.15) is 0 Å². The molecular formula is C16H15BrCl2N6O2. The highest BCUT2D eigenvalue weighted by Crippen LogP contribution is 2.37. The van der Waals surface area contributed by atoms with E-state index in [4.69, 9.17) is 38.4 Å². The summed E-state index contributed by atoms with van der Waals surface area (Å²) >= 11 is 15.6. The van der Waals surface area contributed by atoms with Crippen molar-refractivity contribution in [3.63, 3.8) is 0 Å². The van der Waals surface area contributed by atoms with E-state index < -0.39 is 0 Å². The minimum Gasteiger partial charge on any atom is -0.493 e. The van der Waals surface area contributed by atoms with E-state index in [2.05, 4.69) is 36.9 Å². The Bertz CT molecular complexity index is 953. The van der Waals surface area contributed by atoms with E-state index >= 15 is 0 Å². The Labute approximate surface area is 173 Å². The molecule has 3 rings (SSSR count). The number of nitrogens with two attached hydrogens (primary N) is 1. The predicted octanol–water partition coefficient (Wildman–Crippen LogP) is 3.66. The van der Waals surface area contributed by atoms with Crippen molar-refractivity contribution in [3.05, 3.63) is 56.0 Å². The first-order valence-electron chi connectivity index (χ1n) is 7.69. The van der Waals surface area contributed by atoms with Crippen molar-refractivity contribution in [2.24, 2.45) is 0 Å². The van der Waals surface area contributed by atoms with Gasteiger partial charge < -0.3 is 20.6 Å². The van der Waals surface area contributed by atoms with E-state index in [1.54, 1.807) is 19.2 Å². The summed E-state index contributed by atoms with van der Waals surface area (Å²) in [5.41, 5.74) is 10.4.